The number of rotatable bonds is 2. The van der Waals surface area contributed by atoms with E-state index in [1.54, 1.807) is 0 Å². The van der Waals surface area contributed by atoms with Crippen LogP contribution < -0.4 is 0 Å². The molecule has 2 aliphatic carbocycles. The van der Waals surface area contributed by atoms with E-state index in [2.05, 4.69) is 6.92 Å². The minimum atomic E-state index is -0.0350. The third-order valence-electron chi connectivity index (χ3n) is 5.71. The summed E-state index contributed by atoms with van der Waals surface area (Å²) in [5.74, 6) is 2.34. The van der Waals surface area contributed by atoms with Gasteiger partial charge in [-0.05, 0) is 75.5 Å². The molecule has 0 aromatic carbocycles. The average molecular weight is 268 g/mol. The van der Waals surface area contributed by atoms with E-state index < -0.39 is 0 Å². The molecule has 3 rings (SSSR count). The summed E-state index contributed by atoms with van der Waals surface area (Å²) in [5, 5.41) is 9.62. The zero-order valence-corrected chi connectivity index (χ0v) is 12.1. The molecule has 3 aliphatic rings. The maximum atomic E-state index is 9.62. The van der Waals surface area contributed by atoms with Crippen molar-refractivity contribution in [2.45, 2.75) is 83.0 Å². The Morgan fingerprint density at radius 3 is 2.26 bits per heavy atom. The molecule has 0 bridgehead atoms. The second-order valence-corrected chi connectivity index (χ2v) is 6.90. The van der Waals surface area contributed by atoms with Crippen molar-refractivity contribution in [3.05, 3.63) is 0 Å². The number of hydrogen-bond acceptors (Lipinski definition) is 3. The fraction of sp³-hybridized carbons (Fsp3) is 1.00. The van der Waals surface area contributed by atoms with Gasteiger partial charge < -0.3 is 5.11 Å². The van der Waals surface area contributed by atoms with Crippen LogP contribution in [0.4, 0.5) is 0 Å². The van der Waals surface area contributed by atoms with Crippen molar-refractivity contribution in [3.63, 3.8) is 0 Å². The predicted molar refractivity (Wildman–Crippen MR) is 73.4 cm³/mol. The number of aliphatic hydroxyl groups excluding tert-OH is 1. The number of aliphatic hydroxyl groups is 1. The summed E-state index contributed by atoms with van der Waals surface area (Å²) < 4.78 is 0. The fourth-order valence-corrected chi connectivity index (χ4v) is 4.37. The van der Waals surface area contributed by atoms with E-state index >= 15 is 0 Å². The average Bonchev–Trinajstić information content (AvgIpc) is 2.47. The summed E-state index contributed by atoms with van der Waals surface area (Å²) in [5.41, 5.74) is 0. The molecule has 0 amide bonds. The predicted octanol–water partition coefficient (Wildman–Crippen LogP) is 3.45. The maximum Gasteiger partial charge on any atom is 0.0961 e. The molecule has 1 saturated heterocycles. The highest BCUT2D eigenvalue weighted by Crippen LogP contribution is 2.44. The molecule has 110 valence electrons. The standard InChI is InChI=1S/C16H28O3/c1-2-15-9-13-4-3-12(10-16(13)19-18-15)11-5-7-14(17)8-6-11/h11-17H,2-10H2,1H3. The quantitative estimate of drug-likeness (QED) is 0.780. The molecular formula is C16H28O3. The van der Waals surface area contributed by atoms with E-state index in [0.29, 0.717) is 12.2 Å². The van der Waals surface area contributed by atoms with Crippen molar-refractivity contribution in [2.24, 2.45) is 17.8 Å². The first-order valence-electron chi connectivity index (χ1n) is 8.26. The summed E-state index contributed by atoms with van der Waals surface area (Å²) >= 11 is 0. The van der Waals surface area contributed by atoms with Crippen molar-refractivity contribution >= 4 is 0 Å². The molecule has 1 heterocycles. The van der Waals surface area contributed by atoms with Crippen LogP contribution in [0.1, 0.15) is 64.7 Å². The third-order valence-corrected chi connectivity index (χ3v) is 5.71. The Balaban J connectivity index is 1.52. The van der Waals surface area contributed by atoms with Crippen molar-refractivity contribution < 1.29 is 14.9 Å². The maximum absolute atomic E-state index is 9.62. The van der Waals surface area contributed by atoms with Crippen molar-refractivity contribution in [1.29, 1.82) is 0 Å². The van der Waals surface area contributed by atoms with Gasteiger partial charge in [0.05, 0.1) is 18.3 Å². The zero-order valence-electron chi connectivity index (χ0n) is 12.1. The Hall–Kier alpha value is -0.120. The summed E-state index contributed by atoms with van der Waals surface area (Å²) in [6.45, 7) is 2.17. The Labute approximate surface area is 116 Å². The second kappa shape index (κ2) is 6.11. The summed E-state index contributed by atoms with van der Waals surface area (Å²) in [4.78, 5) is 11.2. The van der Waals surface area contributed by atoms with Crippen LogP contribution in [0, 0.1) is 17.8 Å². The van der Waals surface area contributed by atoms with Gasteiger partial charge in [0.1, 0.15) is 0 Å². The highest BCUT2D eigenvalue weighted by molar-refractivity contribution is 4.88. The van der Waals surface area contributed by atoms with Gasteiger partial charge in [-0.15, -0.1) is 0 Å². The van der Waals surface area contributed by atoms with Gasteiger partial charge in [0.15, 0.2) is 0 Å². The van der Waals surface area contributed by atoms with Crippen LogP contribution >= 0.6 is 0 Å². The fourth-order valence-electron chi connectivity index (χ4n) is 4.37. The first-order valence-corrected chi connectivity index (χ1v) is 8.26. The topological polar surface area (TPSA) is 38.7 Å². The van der Waals surface area contributed by atoms with E-state index in [1.807, 2.05) is 0 Å². The van der Waals surface area contributed by atoms with Gasteiger partial charge in [-0.25, -0.2) is 9.78 Å². The van der Waals surface area contributed by atoms with Gasteiger partial charge in [0.2, 0.25) is 0 Å². The minimum Gasteiger partial charge on any atom is -0.393 e. The molecule has 0 aromatic rings. The van der Waals surface area contributed by atoms with Gasteiger partial charge in [-0.2, -0.15) is 0 Å². The Bertz CT molecular complexity index is 286. The molecule has 1 N–H and O–H groups in total. The number of hydrogen-bond donors (Lipinski definition) is 1. The smallest absolute Gasteiger partial charge is 0.0961 e. The second-order valence-electron chi connectivity index (χ2n) is 6.90. The van der Waals surface area contributed by atoms with Crippen molar-refractivity contribution in [1.82, 2.24) is 0 Å². The molecule has 0 aromatic heterocycles. The van der Waals surface area contributed by atoms with E-state index in [9.17, 15) is 5.11 Å². The lowest BCUT2D eigenvalue weighted by Crippen LogP contribution is -2.41. The van der Waals surface area contributed by atoms with Crippen LogP contribution in [0.2, 0.25) is 0 Å². The van der Waals surface area contributed by atoms with Gasteiger partial charge >= 0.3 is 0 Å². The molecule has 0 radical (unpaired) electrons. The van der Waals surface area contributed by atoms with E-state index in [0.717, 1.165) is 37.0 Å². The summed E-state index contributed by atoms with van der Waals surface area (Å²) in [6, 6.07) is 0. The molecule has 1 aliphatic heterocycles. The van der Waals surface area contributed by atoms with Crippen LogP contribution in [0.25, 0.3) is 0 Å². The largest absolute Gasteiger partial charge is 0.393 e. The highest BCUT2D eigenvalue weighted by Gasteiger charge is 2.40. The van der Waals surface area contributed by atoms with Gasteiger partial charge in [0, 0.05) is 0 Å². The lowest BCUT2D eigenvalue weighted by atomic mass is 9.68. The van der Waals surface area contributed by atoms with Crippen molar-refractivity contribution in [3.8, 4) is 0 Å². The number of fused-ring (bicyclic) bond motifs is 1. The minimum absolute atomic E-state index is 0.0350. The molecule has 4 unspecified atom stereocenters. The molecule has 3 nitrogen and oxygen atoms in total. The van der Waals surface area contributed by atoms with Crippen LogP contribution in [0.5, 0.6) is 0 Å². The first kappa shape index (κ1) is 13.8. The molecule has 4 atom stereocenters. The molecule has 0 spiro atoms. The monoisotopic (exact) mass is 268 g/mol. The third kappa shape index (κ3) is 3.14. The van der Waals surface area contributed by atoms with Gasteiger partial charge in [-0.1, -0.05) is 6.92 Å². The molecule has 3 heteroatoms. The SMILES string of the molecule is CCC1CC2CCC(C3CCC(O)CC3)CC2OO1. The first-order chi connectivity index (χ1) is 9.26. The summed E-state index contributed by atoms with van der Waals surface area (Å²) in [7, 11) is 0. The van der Waals surface area contributed by atoms with Crippen LogP contribution in [-0.2, 0) is 9.78 Å². The molecule has 19 heavy (non-hydrogen) atoms. The normalized spacial score (nSPS) is 47.7. The van der Waals surface area contributed by atoms with Crippen LogP contribution in [-0.4, -0.2) is 23.4 Å². The molecule has 2 saturated carbocycles. The van der Waals surface area contributed by atoms with Gasteiger partial charge in [-0.3, -0.25) is 0 Å². The van der Waals surface area contributed by atoms with E-state index in [-0.39, 0.29) is 6.10 Å². The highest BCUT2D eigenvalue weighted by atomic mass is 17.2. The Morgan fingerprint density at radius 2 is 1.53 bits per heavy atom. The van der Waals surface area contributed by atoms with Gasteiger partial charge in [0.25, 0.3) is 0 Å². The lowest BCUT2D eigenvalue weighted by Gasteiger charge is -2.43. The van der Waals surface area contributed by atoms with Crippen molar-refractivity contribution in [2.75, 3.05) is 0 Å². The summed E-state index contributed by atoms with van der Waals surface area (Å²) in [6.07, 6.45) is 11.2. The Morgan fingerprint density at radius 1 is 0.842 bits per heavy atom. The lowest BCUT2D eigenvalue weighted by molar-refractivity contribution is -0.393. The zero-order chi connectivity index (χ0) is 13.2. The molecule has 3 fully saturated rings. The van der Waals surface area contributed by atoms with E-state index in [4.69, 9.17) is 9.78 Å². The molecular weight excluding hydrogens is 240 g/mol. The Kier molecular flexibility index (Phi) is 4.45. The van der Waals surface area contributed by atoms with E-state index in [1.165, 1.54) is 38.5 Å². The van der Waals surface area contributed by atoms with Crippen LogP contribution in [0.3, 0.4) is 0 Å². The van der Waals surface area contributed by atoms with Crippen LogP contribution in [0.15, 0.2) is 0 Å².